The molecule has 2 aromatic carbocycles. The Balaban J connectivity index is 1.17. The Bertz CT molecular complexity index is 3690. The molecule has 7 aromatic heterocycles. The van der Waals surface area contributed by atoms with Gasteiger partial charge in [0.2, 0.25) is 0 Å². The molecule has 0 amide bonds. The Morgan fingerprint density at radius 2 is 0.776 bits per heavy atom. The van der Waals surface area contributed by atoms with E-state index in [4.69, 9.17) is 9.97 Å². The standard InChI is InChI=1S/C59H49N8/c1-59(2)45-10-8-7-9-43(45)44-12-11-40(34-46(44)59)41-33-42(36-67(6)35-41)58-53-19-17-51(62-53)56(38-23-29-65(4)30-24-38)49-15-13-47(60-49)55(37-21-27-64(3)28-22-37)48-14-16-50(61-48)57(52-18-20-54(58)63-52)39-25-31-66(5)32-26-39/h7-36H,1-6H3,(H,60,61,62,63)/q+3/p+1. The van der Waals surface area contributed by atoms with Gasteiger partial charge in [-0.05, 0) is 105 Å². The molecule has 0 fully saturated rings. The van der Waals surface area contributed by atoms with E-state index in [0.29, 0.717) is 0 Å². The quantitative estimate of drug-likeness (QED) is 0.169. The van der Waals surface area contributed by atoms with Crippen LogP contribution in [0.3, 0.4) is 0 Å². The molecule has 0 radical (unpaired) electrons. The number of aromatic amines is 2. The summed E-state index contributed by atoms with van der Waals surface area (Å²) >= 11 is 0. The second kappa shape index (κ2) is 15.4. The van der Waals surface area contributed by atoms with E-state index in [2.05, 4.69) is 232 Å². The molecule has 9 aromatic rings. The summed E-state index contributed by atoms with van der Waals surface area (Å²) in [5.74, 6) is 0. The Hall–Kier alpha value is -8.36. The van der Waals surface area contributed by atoms with E-state index in [0.717, 1.165) is 94.9 Å². The van der Waals surface area contributed by atoms with Crippen molar-refractivity contribution in [3.63, 3.8) is 0 Å². The van der Waals surface area contributed by atoms with Crippen LogP contribution in [0, 0.1) is 0 Å². The average molecular weight is 871 g/mol. The summed E-state index contributed by atoms with van der Waals surface area (Å²) in [7, 11) is 8.25. The lowest BCUT2D eigenvalue weighted by Gasteiger charge is -2.21. The van der Waals surface area contributed by atoms with Crippen LogP contribution < -0.4 is 18.3 Å². The third-order valence-corrected chi connectivity index (χ3v) is 13.8. The van der Waals surface area contributed by atoms with E-state index in [9.17, 15) is 0 Å². The Morgan fingerprint density at radius 1 is 0.373 bits per heavy atom. The molecule has 1 aliphatic carbocycles. The maximum absolute atomic E-state index is 5.59. The lowest BCUT2D eigenvalue weighted by molar-refractivity contribution is -0.671. The van der Waals surface area contributed by atoms with Crippen LogP contribution in [0.4, 0.5) is 0 Å². The number of nitrogens with zero attached hydrogens (tertiary/aromatic N) is 6. The molecule has 322 valence electrons. The summed E-state index contributed by atoms with van der Waals surface area (Å²) in [6.07, 6.45) is 25.6. The first-order valence-electron chi connectivity index (χ1n) is 22.8. The molecule has 0 unspecified atom stereocenters. The summed E-state index contributed by atoms with van der Waals surface area (Å²) in [6.45, 7) is 4.69. The molecule has 0 spiro atoms. The van der Waals surface area contributed by atoms with Gasteiger partial charge in [0.05, 0.1) is 28.3 Å². The fourth-order valence-corrected chi connectivity index (χ4v) is 10.3. The van der Waals surface area contributed by atoms with Gasteiger partial charge in [0, 0.05) is 91.7 Å². The number of nitrogens with one attached hydrogen (secondary N) is 2. The number of benzene rings is 2. The van der Waals surface area contributed by atoms with Gasteiger partial charge in [-0.3, -0.25) is 0 Å². The first-order valence-corrected chi connectivity index (χ1v) is 22.8. The van der Waals surface area contributed by atoms with Crippen LogP contribution in [0.1, 0.15) is 47.8 Å². The highest BCUT2D eigenvalue weighted by atomic mass is 14.9. The highest BCUT2D eigenvalue weighted by molar-refractivity contribution is 6.00. The van der Waals surface area contributed by atoms with Gasteiger partial charge in [0.1, 0.15) is 28.2 Å². The van der Waals surface area contributed by atoms with Gasteiger partial charge in [-0.2, -0.15) is 0 Å². The zero-order chi connectivity index (χ0) is 45.6. The summed E-state index contributed by atoms with van der Waals surface area (Å²) in [5, 5.41) is 0. The van der Waals surface area contributed by atoms with Gasteiger partial charge in [-0.1, -0.05) is 50.2 Å². The van der Waals surface area contributed by atoms with Crippen LogP contribution >= 0.6 is 0 Å². The number of fused-ring (bicyclic) bond motifs is 11. The first-order chi connectivity index (χ1) is 32.6. The number of H-pyrrole nitrogens is 2. The summed E-state index contributed by atoms with van der Waals surface area (Å²) < 4.78 is 8.36. The Morgan fingerprint density at radius 3 is 1.24 bits per heavy atom. The molecular formula is C59H50N8+4. The van der Waals surface area contributed by atoms with Crippen molar-refractivity contribution in [3.8, 4) is 66.8 Å². The summed E-state index contributed by atoms with van der Waals surface area (Å²) in [6, 6.07) is 39.9. The number of aryl methyl sites for hydroxylation is 4. The minimum Gasteiger partial charge on any atom is -0.354 e. The molecule has 8 nitrogen and oxygen atoms in total. The Labute approximate surface area is 389 Å². The lowest BCUT2D eigenvalue weighted by atomic mass is 9.81. The smallest absolute Gasteiger partial charge is 0.176 e. The van der Waals surface area contributed by atoms with Gasteiger partial charge >= 0.3 is 0 Å². The van der Waals surface area contributed by atoms with Crippen molar-refractivity contribution in [3.05, 3.63) is 193 Å². The maximum Gasteiger partial charge on any atom is 0.176 e. The van der Waals surface area contributed by atoms with Gasteiger partial charge in [0.15, 0.2) is 49.6 Å². The molecule has 2 aliphatic heterocycles. The topological polar surface area (TPSA) is 72.9 Å². The van der Waals surface area contributed by atoms with Crippen LogP contribution in [0.2, 0.25) is 0 Å². The molecule has 12 rings (SSSR count). The summed E-state index contributed by atoms with van der Waals surface area (Å²) in [5.41, 5.74) is 23.2. The number of hydrogen-bond acceptors (Lipinski definition) is 2. The van der Waals surface area contributed by atoms with Crippen LogP contribution in [0.15, 0.2) is 159 Å². The van der Waals surface area contributed by atoms with E-state index in [1.165, 1.54) is 27.8 Å². The number of rotatable bonds is 5. The van der Waals surface area contributed by atoms with Crippen LogP contribution in [0.25, 0.3) is 113 Å². The molecule has 8 bridgehead atoms. The highest BCUT2D eigenvalue weighted by Gasteiger charge is 2.35. The van der Waals surface area contributed by atoms with Crippen molar-refractivity contribution in [2.45, 2.75) is 19.3 Å². The third-order valence-electron chi connectivity index (χ3n) is 13.8. The van der Waals surface area contributed by atoms with Crippen LogP contribution in [0.5, 0.6) is 0 Å². The fourth-order valence-electron chi connectivity index (χ4n) is 10.3. The van der Waals surface area contributed by atoms with E-state index >= 15 is 0 Å². The normalized spacial score (nSPS) is 13.2. The number of pyridine rings is 4. The van der Waals surface area contributed by atoms with Gasteiger partial charge in [-0.25, -0.2) is 28.2 Å². The minimum absolute atomic E-state index is 0.110. The average Bonchev–Trinajstić information content (AvgIpc) is 4.20. The van der Waals surface area contributed by atoms with Crippen molar-refractivity contribution < 1.29 is 18.3 Å². The highest BCUT2D eigenvalue weighted by Crippen LogP contribution is 2.49. The molecule has 67 heavy (non-hydrogen) atoms. The lowest BCUT2D eigenvalue weighted by Crippen LogP contribution is -2.27. The van der Waals surface area contributed by atoms with Crippen LogP contribution in [-0.2, 0) is 33.6 Å². The molecule has 2 N–H and O–H groups in total. The van der Waals surface area contributed by atoms with Crippen LogP contribution in [-0.4, -0.2) is 19.9 Å². The molecule has 9 heterocycles. The zero-order valence-corrected chi connectivity index (χ0v) is 38.5. The van der Waals surface area contributed by atoms with E-state index in [1.807, 2.05) is 21.1 Å². The molecule has 0 atom stereocenters. The fraction of sp³-hybridized carbons (Fsp3) is 0.119. The maximum atomic E-state index is 5.59. The van der Waals surface area contributed by atoms with Crippen molar-refractivity contribution in [2.24, 2.45) is 28.2 Å². The molecular weight excluding hydrogens is 821 g/mol. The van der Waals surface area contributed by atoms with Gasteiger partial charge < -0.3 is 9.97 Å². The SMILES string of the molecule is C[n+]1ccc(-c2c3nc(c(-c4cc[n+](C)cc4)c4ccc([nH]4)c(-c4cc(-c5ccc6c(c5)C(C)(C)c5ccccc5-6)c[n+](C)c4)c4nc(c(-c5cc[n+](C)cc5)c5ccc2[nH]5)C=C4)C=C3)cc1. The minimum atomic E-state index is -0.110. The van der Waals surface area contributed by atoms with Crippen molar-refractivity contribution in [1.29, 1.82) is 0 Å². The molecule has 0 saturated carbocycles. The Kier molecular flexibility index (Phi) is 9.22. The van der Waals surface area contributed by atoms with E-state index in [-0.39, 0.29) is 5.41 Å². The second-order valence-corrected chi connectivity index (χ2v) is 18.7. The second-order valence-electron chi connectivity index (χ2n) is 18.7. The van der Waals surface area contributed by atoms with Crippen molar-refractivity contribution in [2.75, 3.05) is 0 Å². The molecule has 3 aliphatic rings. The first kappa shape index (κ1) is 40.2. The van der Waals surface area contributed by atoms with Crippen molar-refractivity contribution >= 4 is 46.4 Å². The monoisotopic (exact) mass is 870 g/mol. The molecule has 0 saturated heterocycles. The predicted octanol–water partition coefficient (Wildman–Crippen LogP) is 10.6. The third kappa shape index (κ3) is 6.83. The predicted molar refractivity (Wildman–Crippen MR) is 268 cm³/mol. The largest absolute Gasteiger partial charge is 0.354 e. The van der Waals surface area contributed by atoms with Gasteiger partial charge in [0.25, 0.3) is 0 Å². The van der Waals surface area contributed by atoms with Crippen molar-refractivity contribution in [1.82, 2.24) is 19.9 Å². The number of hydrogen-bond donors (Lipinski definition) is 2. The summed E-state index contributed by atoms with van der Waals surface area (Å²) in [4.78, 5) is 18.9. The van der Waals surface area contributed by atoms with Gasteiger partial charge in [-0.15, -0.1) is 0 Å². The number of aromatic nitrogens is 8. The van der Waals surface area contributed by atoms with E-state index < -0.39 is 0 Å². The molecule has 8 heteroatoms. The zero-order valence-electron chi connectivity index (χ0n) is 38.5. The van der Waals surface area contributed by atoms with E-state index in [1.54, 1.807) is 0 Å².